The van der Waals surface area contributed by atoms with Crippen LogP contribution in [-0.4, -0.2) is 37.9 Å². The topological polar surface area (TPSA) is 49.4 Å². The number of nitrogens with one attached hydrogen (secondary N) is 1. The average Bonchev–Trinajstić information content (AvgIpc) is 2.96. The van der Waals surface area contributed by atoms with Crippen LogP contribution < -0.4 is 5.32 Å². The molecular weight excluding hydrogens is 339 g/mol. The standard InChI is InChI=1S/C12H16Cl2N2O2S2/c13-11-6-10(12(14)19-11)20(17,18)16(9-3-4-9)7-8-2-1-5-15-8/h6,8-9,15H,1-5,7H2. The van der Waals surface area contributed by atoms with E-state index in [1.165, 1.54) is 6.07 Å². The Morgan fingerprint density at radius 1 is 1.35 bits per heavy atom. The number of nitrogens with zero attached hydrogens (tertiary/aromatic N) is 1. The molecule has 3 rings (SSSR count). The second-order valence-corrected chi connectivity index (χ2v) is 9.43. The Morgan fingerprint density at radius 2 is 2.10 bits per heavy atom. The number of thiophene rings is 1. The van der Waals surface area contributed by atoms with Gasteiger partial charge < -0.3 is 5.32 Å². The Balaban J connectivity index is 1.87. The fourth-order valence-corrected chi connectivity index (χ4v) is 6.41. The SMILES string of the molecule is O=S(=O)(c1cc(Cl)sc1Cl)N(CC1CCCN1)C1CC1. The normalized spacial score (nSPS) is 23.6. The van der Waals surface area contributed by atoms with Crippen molar-refractivity contribution in [2.45, 2.75) is 42.7 Å². The zero-order valence-corrected chi connectivity index (χ0v) is 14.0. The quantitative estimate of drug-likeness (QED) is 0.884. The molecule has 0 spiro atoms. The second-order valence-electron chi connectivity index (χ2n) is 5.29. The first-order chi connectivity index (χ1) is 9.48. The number of rotatable bonds is 5. The van der Waals surface area contributed by atoms with Crippen LogP contribution in [0, 0.1) is 0 Å². The van der Waals surface area contributed by atoms with Gasteiger partial charge in [0.15, 0.2) is 0 Å². The lowest BCUT2D eigenvalue weighted by Crippen LogP contribution is -2.42. The van der Waals surface area contributed by atoms with Crippen LogP contribution >= 0.6 is 34.5 Å². The summed E-state index contributed by atoms with van der Waals surface area (Å²) >= 11 is 13.0. The molecule has 1 aromatic rings. The molecule has 0 amide bonds. The van der Waals surface area contributed by atoms with E-state index in [4.69, 9.17) is 23.2 Å². The lowest BCUT2D eigenvalue weighted by atomic mass is 10.2. The predicted octanol–water partition coefficient (Wildman–Crippen LogP) is 2.96. The molecule has 1 aromatic heterocycles. The molecule has 4 nitrogen and oxygen atoms in total. The van der Waals surface area contributed by atoms with E-state index < -0.39 is 10.0 Å². The van der Waals surface area contributed by atoms with Crippen LogP contribution in [0.1, 0.15) is 25.7 Å². The van der Waals surface area contributed by atoms with Gasteiger partial charge in [0.05, 0.1) is 4.34 Å². The highest BCUT2D eigenvalue weighted by Gasteiger charge is 2.40. The molecule has 2 fully saturated rings. The molecule has 1 atom stereocenters. The largest absolute Gasteiger partial charge is 0.313 e. The molecule has 20 heavy (non-hydrogen) atoms. The van der Waals surface area contributed by atoms with Crippen molar-refractivity contribution in [3.63, 3.8) is 0 Å². The zero-order valence-electron chi connectivity index (χ0n) is 10.8. The summed E-state index contributed by atoms with van der Waals surface area (Å²) in [4.78, 5) is 0.152. The van der Waals surface area contributed by atoms with Crippen LogP contribution in [0.2, 0.25) is 8.67 Å². The summed E-state index contributed by atoms with van der Waals surface area (Å²) in [6.45, 7) is 1.49. The Hall–Kier alpha value is 0.150. The van der Waals surface area contributed by atoms with Gasteiger partial charge in [-0.25, -0.2) is 8.42 Å². The molecule has 1 aliphatic carbocycles. The van der Waals surface area contributed by atoms with Crippen molar-refractivity contribution < 1.29 is 8.42 Å². The van der Waals surface area contributed by atoms with Crippen LogP contribution in [-0.2, 0) is 10.0 Å². The zero-order chi connectivity index (χ0) is 14.3. The molecule has 1 unspecified atom stereocenters. The summed E-state index contributed by atoms with van der Waals surface area (Å²) in [6, 6.07) is 1.83. The van der Waals surface area contributed by atoms with E-state index in [2.05, 4.69) is 5.32 Å². The lowest BCUT2D eigenvalue weighted by Gasteiger charge is -2.24. The average molecular weight is 355 g/mol. The molecule has 1 saturated heterocycles. The molecule has 1 N–H and O–H groups in total. The van der Waals surface area contributed by atoms with Gasteiger partial charge in [0.2, 0.25) is 10.0 Å². The second kappa shape index (κ2) is 5.74. The lowest BCUT2D eigenvalue weighted by molar-refractivity contribution is 0.363. The summed E-state index contributed by atoms with van der Waals surface area (Å²) in [5.74, 6) is 0. The van der Waals surface area contributed by atoms with E-state index >= 15 is 0 Å². The Morgan fingerprint density at radius 3 is 2.60 bits per heavy atom. The Bertz CT molecular complexity index is 593. The van der Waals surface area contributed by atoms with E-state index in [0.29, 0.717) is 10.9 Å². The van der Waals surface area contributed by atoms with Gasteiger partial charge in [0, 0.05) is 18.6 Å². The molecule has 112 valence electrons. The van der Waals surface area contributed by atoms with Crippen LogP contribution in [0.4, 0.5) is 0 Å². The van der Waals surface area contributed by atoms with E-state index in [9.17, 15) is 8.42 Å². The van der Waals surface area contributed by atoms with Crippen molar-refractivity contribution >= 4 is 44.6 Å². The van der Waals surface area contributed by atoms with Crippen molar-refractivity contribution in [1.82, 2.24) is 9.62 Å². The highest BCUT2D eigenvalue weighted by atomic mass is 35.5. The fourth-order valence-electron chi connectivity index (χ4n) is 2.56. The van der Waals surface area contributed by atoms with Gasteiger partial charge in [-0.15, -0.1) is 11.3 Å². The first-order valence-corrected chi connectivity index (χ1v) is 9.70. The summed E-state index contributed by atoms with van der Waals surface area (Å²) < 4.78 is 27.9. The molecule has 1 aliphatic heterocycles. The van der Waals surface area contributed by atoms with Crippen molar-refractivity contribution in [1.29, 1.82) is 0 Å². The molecule has 8 heteroatoms. The van der Waals surface area contributed by atoms with Crippen molar-refractivity contribution in [3.8, 4) is 0 Å². The van der Waals surface area contributed by atoms with E-state index in [0.717, 1.165) is 43.6 Å². The minimum absolute atomic E-state index is 0.122. The van der Waals surface area contributed by atoms with Crippen LogP contribution in [0.15, 0.2) is 11.0 Å². The summed E-state index contributed by atoms with van der Waals surface area (Å²) in [5.41, 5.74) is 0. The number of hydrogen-bond donors (Lipinski definition) is 1. The predicted molar refractivity (Wildman–Crippen MR) is 82.3 cm³/mol. The first kappa shape index (κ1) is 15.1. The van der Waals surface area contributed by atoms with Gasteiger partial charge in [-0.05, 0) is 38.3 Å². The van der Waals surface area contributed by atoms with Crippen LogP contribution in [0.5, 0.6) is 0 Å². The van der Waals surface area contributed by atoms with Gasteiger partial charge in [0.25, 0.3) is 0 Å². The summed E-state index contributed by atoms with van der Waals surface area (Å²) in [6.07, 6.45) is 3.99. The van der Waals surface area contributed by atoms with Gasteiger partial charge >= 0.3 is 0 Å². The first-order valence-electron chi connectivity index (χ1n) is 6.68. The maximum atomic E-state index is 12.8. The van der Waals surface area contributed by atoms with Crippen molar-refractivity contribution in [2.75, 3.05) is 13.1 Å². The van der Waals surface area contributed by atoms with Gasteiger partial charge in [0.1, 0.15) is 9.23 Å². The molecule has 2 aliphatic rings. The minimum Gasteiger partial charge on any atom is -0.313 e. The number of sulfonamides is 1. The van der Waals surface area contributed by atoms with E-state index in [1.807, 2.05) is 0 Å². The smallest absolute Gasteiger partial charge is 0.245 e. The molecular formula is C12H16Cl2N2O2S2. The van der Waals surface area contributed by atoms with Crippen molar-refractivity contribution in [3.05, 3.63) is 14.7 Å². The molecule has 0 aromatic carbocycles. The van der Waals surface area contributed by atoms with Gasteiger partial charge in [-0.1, -0.05) is 23.2 Å². The van der Waals surface area contributed by atoms with E-state index in [-0.39, 0.29) is 21.3 Å². The maximum absolute atomic E-state index is 12.8. The molecule has 0 bridgehead atoms. The number of hydrogen-bond acceptors (Lipinski definition) is 4. The fraction of sp³-hybridized carbons (Fsp3) is 0.667. The highest BCUT2D eigenvalue weighted by molar-refractivity contribution is 7.89. The van der Waals surface area contributed by atoms with E-state index in [1.54, 1.807) is 4.31 Å². The van der Waals surface area contributed by atoms with Crippen LogP contribution in [0.3, 0.4) is 0 Å². The third-order valence-electron chi connectivity index (χ3n) is 3.73. The third-order valence-corrected chi connectivity index (χ3v) is 7.40. The third kappa shape index (κ3) is 3.00. The summed E-state index contributed by atoms with van der Waals surface area (Å²) in [7, 11) is -3.55. The molecule has 0 radical (unpaired) electrons. The van der Waals surface area contributed by atoms with Crippen LogP contribution in [0.25, 0.3) is 0 Å². The molecule has 1 saturated carbocycles. The number of halogens is 2. The van der Waals surface area contributed by atoms with Crippen molar-refractivity contribution in [2.24, 2.45) is 0 Å². The maximum Gasteiger partial charge on any atom is 0.245 e. The van der Waals surface area contributed by atoms with Gasteiger partial charge in [-0.3, -0.25) is 0 Å². The monoisotopic (exact) mass is 354 g/mol. The summed E-state index contributed by atoms with van der Waals surface area (Å²) in [5, 5.41) is 3.35. The Labute approximate surface area is 133 Å². The van der Waals surface area contributed by atoms with Gasteiger partial charge in [-0.2, -0.15) is 4.31 Å². The Kier molecular flexibility index (Phi) is 4.32. The minimum atomic E-state index is -3.55. The molecule has 2 heterocycles. The highest BCUT2D eigenvalue weighted by Crippen LogP contribution is 2.39.